The number of halogens is 1. The van der Waals surface area contributed by atoms with Crippen LogP contribution in [0.25, 0.3) is 0 Å². The lowest BCUT2D eigenvalue weighted by molar-refractivity contribution is 0.259. The Bertz CT molecular complexity index is 677. The van der Waals surface area contributed by atoms with Gasteiger partial charge in [0, 0.05) is 16.9 Å². The molecule has 1 atom stereocenters. The SMILES string of the molecule is O=S(=O)(N[C@@H](CO)c1ccccc1)c1cncc(Br)c1. The Morgan fingerprint density at radius 3 is 2.55 bits per heavy atom. The van der Waals surface area contributed by atoms with Crippen molar-refractivity contribution in [1.82, 2.24) is 9.71 Å². The van der Waals surface area contributed by atoms with Gasteiger partial charge in [0.2, 0.25) is 10.0 Å². The molecule has 0 saturated heterocycles. The summed E-state index contributed by atoms with van der Waals surface area (Å²) in [5, 5.41) is 9.39. The summed E-state index contributed by atoms with van der Waals surface area (Å²) in [5.74, 6) is 0. The van der Waals surface area contributed by atoms with Gasteiger partial charge in [-0.05, 0) is 27.6 Å². The van der Waals surface area contributed by atoms with E-state index in [0.717, 1.165) is 0 Å². The fourth-order valence-corrected chi connectivity index (χ4v) is 3.41. The van der Waals surface area contributed by atoms with E-state index >= 15 is 0 Å². The third kappa shape index (κ3) is 3.63. The number of pyridine rings is 1. The highest BCUT2D eigenvalue weighted by Crippen LogP contribution is 2.18. The van der Waals surface area contributed by atoms with E-state index in [0.29, 0.717) is 10.0 Å². The van der Waals surface area contributed by atoms with E-state index in [4.69, 9.17) is 0 Å². The Hall–Kier alpha value is -1.28. The van der Waals surface area contributed by atoms with Crippen LogP contribution in [0.5, 0.6) is 0 Å². The topological polar surface area (TPSA) is 79.3 Å². The van der Waals surface area contributed by atoms with Crippen molar-refractivity contribution in [2.24, 2.45) is 0 Å². The Labute approximate surface area is 125 Å². The van der Waals surface area contributed by atoms with E-state index in [1.54, 1.807) is 24.3 Å². The van der Waals surface area contributed by atoms with Crippen molar-refractivity contribution in [2.45, 2.75) is 10.9 Å². The molecule has 2 aromatic rings. The number of aromatic nitrogens is 1. The molecule has 0 aliphatic carbocycles. The molecule has 2 rings (SSSR count). The molecule has 5 nitrogen and oxygen atoms in total. The second-order valence-electron chi connectivity index (χ2n) is 4.11. The van der Waals surface area contributed by atoms with E-state index < -0.39 is 16.1 Å². The molecule has 106 valence electrons. The van der Waals surface area contributed by atoms with Crippen molar-refractivity contribution < 1.29 is 13.5 Å². The number of nitrogens with zero attached hydrogens (tertiary/aromatic N) is 1. The standard InChI is InChI=1S/C13H13BrN2O3S/c14-11-6-12(8-15-7-11)20(18,19)16-13(9-17)10-4-2-1-3-5-10/h1-8,13,16-17H,9H2/t13-/m0/s1. The number of nitrogens with one attached hydrogen (secondary N) is 1. The number of hydrogen-bond acceptors (Lipinski definition) is 4. The molecular weight excluding hydrogens is 344 g/mol. The largest absolute Gasteiger partial charge is 0.394 e. The summed E-state index contributed by atoms with van der Waals surface area (Å²) in [6, 6.07) is 9.66. The van der Waals surface area contributed by atoms with Crippen LogP contribution in [0.2, 0.25) is 0 Å². The number of sulfonamides is 1. The average Bonchev–Trinajstić information content (AvgIpc) is 2.46. The van der Waals surface area contributed by atoms with Crippen molar-refractivity contribution in [2.75, 3.05) is 6.61 Å². The summed E-state index contributed by atoms with van der Waals surface area (Å²) in [7, 11) is -3.74. The van der Waals surface area contributed by atoms with Crippen molar-refractivity contribution in [3.05, 3.63) is 58.8 Å². The van der Waals surface area contributed by atoms with Gasteiger partial charge in [-0.3, -0.25) is 4.98 Å². The summed E-state index contributed by atoms with van der Waals surface area (Å²) < 4.78 is 27.5. The van der Waals surface area contributed by atoms with Crippen LogP contribution in [0, 0.1) is 0 Å². The molecule has 0 bridgehead atoms. The summed E-state index contributed by atoms with van der Waals surface area (Å²) in [5.41, 5.74) is 0.696. The van der Waals surface area contributed by atoms with Crippen LogP contribution in [0.1, 0.15) is 11.6 Å². The molecule has 7 heteroatoms. The van der Waals surface area contributed by atoms with E-state index in [9.17, 15) is 13.5 Å². The molecule has 2 N–H and O–H groups in total. The van der Waals surface area contributed by atoms with Crippen LogP contribution in [0.4, 0.5) is 0 Å². The van der Waals surface area contributed by atoms with Crippen molar-refractivity contribution >= 4 is 26.0 Å². The molecular formula is C13H13BrN2O3S. The summed E-state index contributed by atoms with van der Waals surface area (Å²) >= 11 is 3.18. The zero-order valence-corrected chi connectivity index (χ0v) is 12.8. The molecule has 1 aromatic heterocycles. The summed E-state index contributed by atoms with van der Waals surface area (Å²) in [4.78, 5) is 3.87. The van der Waals surface area contributed by atoms with Crippen molar-refractivity contribution in [3.63, 3.8) is 0 Å². The third-order valence-corrected chi connectivity index (χ3v) is 4.54. The van der Waals surface area contributed by atoms with Gasteiger partial charge in [0.1, 0.15) is 4.90 Å². The van der Waals surface area contributed by atoms with Crippen LogP contribution in [-0.4, -0.2) is 25.1 Å². The molecule has 0 aliphatic rings. The second-order valence-corrected chi connectivity index (χ2v) is 6.74. The molecule has 0 aliphatic heterocycles. The highest BCUT2D eigenvalue weighted by atomic mass is 79.9. The fourth-order valence-electron chi connectivity index (χ4n) is 1.69. The van der Waals surface area contributed by atoms with Crippen molar-refractivity contribution in [1.29, 1.82) is 0 Å². The van der Waals surface area contributed by atoms with Crippen LogP contribution in [0.3, 0.4) is 0 Å². The van der Waals surface area contributed by atoms with E-state index in [2.05, 4.69) is 25.6 Å². The molecule has 0 fully saturated rings. The summed E-state index contributed by atoms with van der Waals surface area (Å²) in [6.07, 6.45) is 2.76. The van der Waals surface area contributed by atoms with Crippen LogP contribution >= 0.6 is 15.9 Å². The zero-order chi connectivity index (χ0) is 14.6. The molecule has 0 unspecified atom stereocenters. The molecule has 1 heterocycles. The first-order valence-electron chi connectivity index (χ1n) is 5.81. The first-order valence-corrected chi connectivity index (χ1v) is 8.09. The lowest BCUT2D eigenvalue weighted by atomic mass is 10.1. The van der Waals surface area contributed by atoms with Gasteiger partial charge in [-0.25, -0.2) is 13.1 Å². The van der Waals surface area contributed by atoms with Gasteiger partial charge >= 0.3 is 0 Å². The Morgan fingerprint density at radius 1 is 1.25 bits per heavy atom. The van der Waals surface area contributed by atoms with Gasteiger partial charge in [0.15, 0.2) is 0 Å². The Morgan fingerprint density at radius 2 is 1.95 bits per heavy atom. The highest BCUT2D eigenvalue weighted by Gasteiger charge is 2.21. The lowest BCUT2D eigenvalue weighted by Gasteiger charge is -2.16. The van der Waals surface area contributed by atoms with Crippen LogP contribution in [0.15, 0.2) is 58.2 Å². The first kappa shape index (κ1) is 15.1. The van der Waals surface area contributed by atoms with Crippen LogP contribution < -0.4 is 4.72 Å². The van der Waals surface area contributed by atoms with E-state index in [1.165, 1.54) is 18.5 Å². The molecule has 1 aromatic carbocycles. The minimum atomic E-state index is -3.74. The van der Waals surface area contributed by atoms with Crippen LogP contribution in [-0.2, 0) is 10.0 Å². The van der Waals surface area contributed by atoms with E-state index in [1.807, 2.05) is 6.07 Å². The molecule has 0 radical (unpaired) electrons. The average molecular weight is 357 g/mol. The fraction of sp³-hybridized carbons (Fsp3) is 0.154. The molecule has 0 spiro atoms. The molecule has 0 amide bonds. The van der Waals surface area contributed by atoms with E-state index in [-0.39, 0.29) is 11.5 Å². The zero-order valence-electron chi connectivity index (χ0n) is 10.4. The number of aliphatic hydroxyl groups excluding tert-OH is 1. The predicted octanol–water partition coefficient (Wildman–Crippen LogP) is 1.86. The van der Waals surface area contributed by atoms with Gasteiger partial charge in [-0.2, -0.15) is 0 Å². The van der Waals surface area contributed by atoms with Gasteiger partial charge in [0.05, 0.1) is 12.6 Å². The lowest BCUT2D eigenvalue weighted by Crippen LogP contribution is -2.31. The smallest absolute Gasteiger partial charge is 0.242 e. The minimum absolute atomic E-state index is 0.0428. The predicted molar refractivity (Wildman–Crippen MR) is 78.5 cm³/mol. The van der Waals surface area contributed by atoms with Gasteiger partial charge in [0.25, 0.3) is 0 Å². The Kier molecular flexibility index (Phi) is 4.87. The van der Waals surface area contributed by atoms with Gasteiger partial charge in [-0.1, -0.05) is 30.3 Å². The van der Waals surface area contributed by atoms with Gasteiger partial charge in [-0.15, -0.1) is 0 Å². The second kappa shape index (κ2) is 6.45. The summed E-state index contributed by atoms with van der Waals surface area (Å²) in [6.45, 7) is -0.329. The maximum Gasteiger partial charge on any atom is 0.242 e. The quantitative estimate of drug-likeness (QED) is 0.856. The highest BCUT2D eigenvalue weighted by molar-refractivity contribution is 9.10. The third-order valence-electron chi connectivity index (χ3n) is 2.67. The first-order chi connectivity index (χ1) is 9.53. The Balaban J connectivity index is 2.27. The van der Waals surface area contributed by atoms with Crippen molar-refractivity contribution in [3.8, 4) is 0 Å². The number of benzene rings is 1. The minimum Gasteiger partial charge on any atom is -0.394 e. The van der Waals surface area contributed by atoms with Gasteiger partial charge < -0.3 is 5.11 Å². The normalized spacial score (nSPS) is 13.1. The molecule has 20 heavy (non-hydrogen) atoms. The number of aliphatic hydroxyl groups is 1. The monoisotopic (exact) mass is 356 g/mol. The molecule has 0 saturated carbocycles. The maximum absolute atomic E-state index is 12.2. The number of hydrogen-bond donors (Lipinski definition) is 2. The maximum atomic E-state index is 12.2. The number of rotatable bonds is 5.